The molecular weight excluding hydrogens is 494 g/mol. The predicted octanol–water partition coefficient (Wildman–Crippen LogP) is 4.14. The fourth-order valence-corrected chi connectivity index (χ4v) is 6.60. The summed E-state index contributed by atoms with van der Waals surface area (Å²) in [6, 6.07) is 7.90. The van der Waals surface area contributed by atoms with Gasteiger partial charge in [0.05, 0.1) is 0 Å². The van der Waals surface area contributed by atoms with Crippen molar-refractivity contribution in [3.05, 3.63) is 47.0 Å². The average molecular weight is 518 g/mol. The van der Waals surface area contributed by atoms with Gasteiger partial charge >= 0.3 is 0 Å². The van der Waals surface area contributed by atoms with Crippen molar-refractivity contribution in [1.82, 2.24) is 15.0 Å². The first-order valence-electron chi connectivity index (χ1n) is 11.7. The number of nitrogens with zero attached hydrogens (tertiary/aromatic N) is 1. The van der Waals surface area contributed by atoms with E-state index in [2.05, 4.69) is 10.3 Å². The molecule has 2 N–H and O–H groups in total. The largest absolute Gasteiger partial charge is 0.440 e. The van der Waals surface area contributed by atoms with Gasteiger partial charge in [-0.2, -0.15) is 8.42 Å². The molecule has 0 radical (unpaired) electrons. The van der Waals surface area contributed by atoms with Gasteiger partial charge in [0.15, 0.2) is 17.2 Å². The highest BCUT2D eigenvalue weighted by Crippen LogP contribution is 2.61. The number of rotatable bonds is 6. The summed E-state index contributed by atoms with van der Waals surface area (Å²) < 4.78 is 38.0. The zero-order chi connectivity index (χ0) is 24.4. The summed E-state index contributed by atoms with van der Waals surface area (Å²) in [6.45, 7) is 0. The number of fused-ring (bicyclic) bond motifs is 1. The Balaban J connectivity index is 1.01. The summed E-state index contributed by atoms with van der Waals surface area (Å²) in [7, 11) is -4.14. The van der Waals surface area contributed by atoms with Crippen molar-refractivity contribution in [2.45, 2.75) is 62.0 Å². The van der Waals surface area contributed by atoms with Crippen LogP contribution in [0.2, 0.25) is 5.02 Å². The highest BCUT2D eigenvalue weighted by Gasteiger charge is 2.54. The number of nitrogens with one attached hydrogen (secondary N) is 2. The van der Waals surface area contributed by atoms with E-state index in [1.807, 2.05) is 10.8 Å². The highest BCUT2D eigenvalue weighted by molar-refractivity contribution is 7.89. The van der Waals surface area contributed by atoms with Gasteiger partial charge in [-0.05, 0) is 74.3 Å². The minimum Gasteiger partial charge on any atom is -0.440 e. The number of oxazole rings is 1. The molecule has 3 aliphatic carbocycles. The first kappa shape index (κ1) is 22.6. The lowest BCUT2D eigenvalue weighted by Gasteiger charge is -2.57. The topological polar surface area (TPSA) is 132 Å². The molecule has 0 unspecified atom stereocenters. The number of furan rings is 1. The highest BCUT2D eigenvalue weighted by atomic mass is 35.5. The Morgan fingerprint density at radius 1 is 1.06 bits per heavy atom. The molecule has 0 atom stereocenters. The van der Waals surface area contributed by atoms with Crippen molar-refractivity contribution in [3.63, 3.8) is 0 Å². The fraction of sp³-hybridized carbons (Fsp3) is 0.458. The Morgan fingerprint density at radius 3 is 2.54 bits per heavy atom. The van der Waals surface area contributed by atoms with Crippen molar-refractivity contribution in [2.24, 2.45) is 11.3 Å². The summed E-state index contributed by atoms with van der Waals surface area (Å²) >= 11 is 6.03. The van der Waals surface area contributed by atoms with Crippen LogP contribution in [0.1, 0.15) is 67.3 Å². The summed E-state index contributed by atoms with van der Waals surface area (Å²) in [5, 5.41) is 3.09. The zero-order valence-corrected chi connectivity index (χ0v) is 20.3. The molecule has 0 saturated heterocycles. The number of amides is 2. The molecule has 2 heterocycles. The van der Waals surface area contributed by atoms with Crippen LogP contribution in [0.3, 0.4) is 0 Å². The minimum atomic E-state index is -4.14. The van der Waals surface area contributed by atoms with Crippen LogP contribution in [0.25, 0.3) is 11.1 Å². The molecule has 11 heteroatoms. The number of halogens is 1. The van der Waals surface area contributed by atoms with E-state index in [9.17, 15) is 18.0 Å². The third kappa shape index (κ3) is 4.12. The van der Waals surface area contributed by atoms with Gasteiger partial charge in [-0.25, -0.2) is 9.71 Å². The Labute approximate surface area is 206 Å². The van der Waals surface area contributed by atoms with Crippen LogP contribution < -0.4 is 10.0 Å². The van der Waals surface area contributed by atoms with Crippen molar-refractivity contribution in [1.29, 1.82) is 0 Å². The molecule has 35 heavy (non-hydrogen) atoms. The van der Waals surface area contributed by atoms with Gasteiger partial charge in [-0.1, -0.05) is 18.0 Å². The van der Waals surface area contributed by atoms with Gasteiger partial charge in [0.25, 0.3) is 15.9 Å². The van der Waals surface area contributed by atoms with E-state index < -0.39 is 26.9 Å². The molecule has 1 spiro atoms. The normalized spacial score (nSPS) is 26.1. The summed E-state index contributed by atoms with van der Waals surface area (Å²) in [4.78, 5) is 29.1. The number of carbonyl (C=O) groups excluding carboxylic acids is 2. The smallest absolute Gasteiger partial charge is 0.297 e. The quantitative estimate of drug-likeness (QED) is 0.502. The van der Waals surface area contributed by atoms with E-state index in [0.29, 0.717) is 17.9 Å². The Bertz CT molecular complexity index is 1430. The van der Waals surface area contributed by atoms with E-state index in [-0.39, 0.29) is 29.1 Å². The molecule has 3 aliphatic rings. The molecule has 2 amide bonds. The van der Waals surface area contributed by atoms with Gasteiger partial charge in [-0.3, -0.25) is 9.59 Å². The molecule has 3 saturated carbocycles. The maximum Gasteiger partial charge on any atom is 0.297 e. The second-order valence-corrected chi connectivity index (χ2v) is 12.1. The Hall–Kier alpha value is -2.85. The van der Waals surface area contributed by atoms with E-state index in [0.717, 1.165) is 49.1 Å². The molecule has 3 aromatic rings. The van der Waals surface area contributed by atoms with Crippen molar-refractivity contribution in [2.75, 3.05) is 0 Å². The molecule has 184 valence electrons. The monoisotopic (exact) mass is 517 g/mol. The molecule has 1 aromatic carbocycles. The van der Waals surface area contributed by atoms with Gasteiger partial charge < -0.3 is 14.2 Å². The zero-order valence-electron chi connectivity index (χ0n) is 18.8. The third-order valence-electron chi connectivity index (χ3n) is 7.55. The number of benzene rings is 1. The molecule has 9 nitrogen and oxygen atoms in total. The Morgan fingerprint density at radius 2 is 1.83 bits per heavy atom. The predicted molar refractivity (Wildman–Crippen MR) is 125 cm³/mol. The van der Waals surface area contributed by atoms with E-state index in [4.69, 9.17) is 20.4 Å². The number of sulfonamides is 1. The van der Waals surface area contributed by atoms with E-state index >= 15 is 0 Å². The first-order valence-corrected chi connectivity index (χ1v) is 13.6. The SMILES string of the molecule is O=C(NC1CC2(C1)CC(c1nc3cc(Cl)ccc3o1)C2)c1ccc(S(=O)(=O)NC(=O)C2CCC2)o1. The van der Waals surface area contributed by atoms with Gasteiger partial charge in [0.1, 0.15) is 5.52 Å². The molecule has 6 rings (SSSR count). The van der Waals surface area contributed by atoms with Gasteiger partial charge in [0.2, 0.25) is 11.0 Å². The second-order valence-electron chi connectivity index (χ2n) is 10.1. The summed E-state index contributed by atoms with van der Waals surface area (Å²) in [5.41, 5.74) is 1.66. The molecule has 3 fully saturated rings. The van der Waals surface area contributed by atoms with Crippen LogP contribution in [-0.4, -0.2) is 31.3 Å². The average Bonchev–Trinajstić information content (AvgIpc) is 3.34. The molecule has 2 aromatic heterocycles. The van der Waals surface area contributed by atoms with Gasteiger partial charge in [-0.15, -0.1) is 0 Å². The van der Waals surface area contributed by atoms with Crippen LogP contribution >= 0.6 is 11.6 Å². The lowest BCUT2D eigenvalue weighted by molar-refractivity contribution is -0.125. The number of hydrogen-bond donors (Lipinski definition) is 2. The summed E-state index contributed by atoms with van der Waals surface area (Å²) in [6.07, 6.45) is 5.85. The maximum absolute atomic E-state index is 12.6. The number of hydrogen-bond acceptors (Lipinski definition) is 7. The second kappa shape index (κ2) is 8.09. The number of carbonyl (C=O) groups is 2. The first-order chi connectivity index (χ1) is 16.7. The molecule has 0 aliphatic heterocycles. The van der Waals surface area contributed by atoms with Crippen LogP contribution in [0.5, 0.6) is 0 Å². The maximum atomic E-state index is 12.6. The Kier molecular flexibility index (Phi) is 5.23. The standard InChI is InChI=1S/C24H24ClN3O6S/c25-15-4-5-18-17(8-15)27-23(34-18)14-9-24(10-14)11-16(12-24)26-22(30)19-6-7-20(33-19)35(31,32)28-21(29)13-2-1-3-13/h4-8,13-14,16H,1-3,9-12H2,(H,26,30)(H,28,29). The lowest BCUT2D eigenvalue weighted by Crippen LogP contribution is -2.55. The van der Waals surface area contributed by atoms with Crippen LogP contribution in [0.15, 0.2) is 44.3 Å². The van der Waals surface area contributed by atoms with Crippen LogP contribution in [0, 0.1) is 11.3 Å². The minimum absolute atomic E-state index is 0.00522. The van der Waals surface area contributed by atoms with Crippen molar-refractivity contribution >= 4 is 44.5 Å². The summed E-state index contributed by atoms with van der Waals surface area (Å²) in [5.74, 6) is -0.387. The number of aromatic nitrogens is 1. The molecule has 0 bridgehead atoms. The third-order valence-corrected chi connectivity index (χ3v) is 9.00. The lowest BCUT2D eigenvalue weighted by atomic mass is 9.50. The van der Waals surface area contributed by atoms with Crippen LogP contribution in [-0.2, 0) is 14.8 Å². The van der Waals surface area contributed by atoms with E-state index in [1.165, 1.54) is 12.1 Å². The van der Waals surface area contributed by atoms with Crippen LogP contribution in [0.4, 0.5) is 0 Å². The van der Waals surface area contributed by atoms with Crippen molar-refractivity contribution < 1.29 is 26.8 Å². The fourth-order valence-electron chi connectivity index (χ4n) is 5.45. The van der Waals surface area contributed by atoms with Crippen molar-refractivity contribution in [3.8, 4) is 0 Å². The van der Waals surface area contributed by atoms with E-state index in [1.54, 1.807) is 12.1 Å². The van der Waals surface area contributed by atoms with Gasteiger partial charge in [0, 0.05) is 22.9 Å². The molecular formula is C24H24ClN3O6S.